The van der Waals surface area contributed by atoms with Crippen molar-refractivity contribution in [1.82, 2.24) is 9.38 Å². The van der Waals surface area contributed by atoms with Crippen LogP contribution < -0.4 is 0 Å². The fraction of sp³-hybridized carbons (Fsp3) is 0.182. The van der Waals surface area contributed by atoms with Crippen LogP contribution in [0, 0.1) is 0 Å². The first-order valence-corrected chi connectivity index (χ1v) is 5.89. The molecule has 0 saturated carbocycles. The highest BCUT2D eigenvalue weighted by molar-refractivity contribution is 9.10. The second-order valence-corrected chi connectivity index (χ2v) is 4.59. The lowest BCUT2D eigenvalue weighted by Crippen LogP contribution is -1.99. The van der Waals surface area contributed by atoms with Crippen LogP contribution in [0.2, 0.25) is 0 Å². The Kier molecular flexibility index (Phi) is 3.33. The third kappa shape index (κ3) is 2.51. The van der Waals surface area contributed by atoms with Gasteiger partial charge in [0.15, 0.2) is 5.69 Å². The summed E-state index contributed by atoms with van der Waals surface area (Å²) >= 11 is 3.32. The fourth-order valence-corrected chi connectivity index (χ4v) is 2.09. The third-order valence-corrected chi connectivity index (χ3v) is 3.18. The van der Waals surface area contributed by atoms with Crippen molar-refractivity contribution >= 4 is 33.5 Å². The Balaban J connectivity index is 2.40. The Morgan fingerprint density at radius 1 is 1.33 bits per heavy atom. The lowest BCUT2D eigenvalue weighted by molar-refractivity contribution is -0.136. The fourth-order valence-electron chi connectivity index (χ4n) is 1.58. The summed E-state index contributed by atoms with van der Waals surface area (Å²) < 4.78 is 2.30. The van der Waals surface area contributed by atoms with Gasteiger partial charge in [0.25, 0.3) is 0 Å². The standard InChI is InChI=1S/C11H9BrN2O4/c12-7-3-9-13-8(11(17)18)5-14(9)4-6(7)1-2-10(15)16/h3-5H,1-2H2,(H,15,16)(H,17,18). The highest BCUT2D eigenvalue weighted by Crippen LogP contribution is 2.21. The molecule has 18 heavy (non-hydrogen) atoms. The molecule has 0 unspecified atom stereocenters. The number of carbonyl (C=O) groups is 2. The van der Waals surface area contributed by atoms with Crippen LogP contribution in [0.3, 0.4) is 0 Å². The lowest BCUT2D eigenvalue weighted by atomic mass is 10.1. The predicted molar refractivity (Wildman–Crippen MR) is 65.8 cm³/mol. The van der Waals surface area contributed by atoms with Crippen molar-refractivity contribution in [2.24, 2.45) is 0 Å². The van der Waals surface area contributed by atoms with Gasteiger partial charge >= 0.3 is 11.9 Å². The number of hydrogen-bond donors (Lipinski definition) is 2. The first kappa shape index (κ1) is 12.6. The van der Waals surface area contributed by atoms with E-state index in [2.05, 4.69) is 20.9 Å². The zero-order valence-electron chi connectivity index (χ0n) is 9.13. The number of aromatic carboxylic acids is 1. The van der Waals surface area contributed by atoms with E-state index in [1.54, 1.807) is 16.7 Å². The Bertz CT molecular complexity index is 635. The molecule has 0 radical (unpaired) electrons. The Morgan fingerprint density at radius 3 is 2.67 bits per heavy atom. The molecule has 0 bridgehead atoms. The molecule has 7 heteroatoms. The summed E-state index contributed by atoms with van der Waals surface area (Å²) in [5, 5.41) is 17.5. The molecule has 2 rings (SSSR count). The number of hydrogen-bond acceptors (Lipinski definition) is 3. The Morgan fingerprint density at radius 2 is 2.06 bits per heavy atom. The first-order valence-electron chi connectivity index (χ1n) is 5.09. The topological polar surface area (TPSA) is 91.9 Å². The zero-order chi connectivity index (χ0) is 13.3. The number of carboxylic acid groups (broad SMARTS) is 2. The van der Waals surface area contributed by atoms with Gasteiger partial charge in [0, 0.05) is 23.3 Å². The van der Waals surface area contributed by atoms with E-state index >= 15 is 0 Å². The number of aromatic nitrogens is 2. The molecule has 2 aromatic heterocycles. The minimum Gasteiger partial charge on any atom is -0.481 e. The van der Waals surface area contributed by atoms with E-state index in [0.29, 0.717) is 12.1 Å². The molecule has 0 spiro atoms. The van der Waals surface area contributed by atoms with E-state index in [0.717, 1.165) is 10.0 Å². The van der Waals surface area contributed by atoms with E-state index in [-0.39, 0.29) is 12.1 Å². The van der Waals surface area contributed by atoms with Gasteiger partial charge in [0.05, 0.1) is 0 Å². The molecular formula is C11H9BrN2O4. The van der Waals surface area contributed by atoms with E-state index in [1.807, 2.05) is 0 Å². The summed E-state index contributed by atoms with van der Waals surface area (Å²) in [6.07, 6.45) is 3.47. The number of nitrogens with zero attached hydrogens (tertiary/aromatic N) is 2. The maximum absolute atomic E-state index is 10.8. The maximum Gasteiger partial charge on any atom is 0.356 e. The number of carboxylic acids is 2. The van der Waals surface area contributed by atoms with Crippen LogP contribution in [0.25, 0.3) is 5.65 Å². The molecule has 0 amide bonds. The molecule has 0 aromatic carbocycles. The number of imidazole rings is 1. The Hall–Kier alpha value is -1.89. The largest absolute Gasteiger partial charge is 0.481 e. The van der Waals surface area contributed by atoms with Gasteiger partial charge < -0.3 is 14.6 Å². The number of rotatable bonds is 4. The summed E-state index contributed by atoms with van der Waals surface area (Å²) in [6, 6.07) is 1.67. The highest BCUT2D eigenvalue weighted by atomic mass is 79.9. The molecule has 0 atom stereocenters. The third-order valence-electron chi connectivity index (χ3n) is 2.45. The average Bonchev–Trinajstić information content (AvgIpc) is 2.68. The van der Waals surface area contributed by atoms with Crippen LogP contribution in [0.15, 0.2) is 22.9 Å². The molecule has 2 N–H and O–H groups in total. The van der Waals surface area contributed by atoms with Gasteiger partial charge in [-0.25, -0.2) is 9.78 Å². The van der Waals surface area contributed by atoms with E-state index in [4.69, 9.17) is 10.2 Å². The van der Waals surface area contributed by atoms with Crippen molar-refractivity contribution in [1.29, 1.82) is 0 Å². The van der Waals surface area contributed by atoms with Gasteiger partial charge in [0.1, 0.15) is 5.65 Å². The second kappa shape index (κ2) is 4.77. The molecule has 0 fully saturated rings. The molecule has 0 saturated heterocycles. The molecule has 0 aliphatic heterocycles. The Labute approximate surface area is 110 Å². The van der Waals surface area contributed by atoms with Gasteiger partial charge in [0.2, 0.25) is 0 Å². The van der Waals surface area contributed by atoms with Crippen molar-refractivity contribution < 1.29 is 19.8 Å². The van der Waals surface area contributed by atoms with Crippen LogP contribution in [0.1, 0.15) is 22.5 Å². The van der Waals surface area contributed by atoms with Crippen LogP contribution in [-0.4, -0.2) is 31.5 Å². The molecule has 2 aromatic rings. The van der Waals surface area contributed by atoms with E-state index in [9.17, 15) is 9.59 Å². The molecule has 0 aliphatic rings. The summed E-state index contributed by atoms with van der Waals surface area (Å²) in [6.45, 7) is 0. The van der Waals surface area contributed by atoms with Crippen LogP contribution >= 0.6 is 15.9 Å². The van der Waals surface area contributed by atoms with Gasteiger partial charge in [-0.05, 0) is 18.1 Å². The smallest absolute Gasteiger partial charge is 0.356 e. The number of pyridine rings is 1. The highest BCUT2D eigenvalue weighted by Gasteiger charge is 2.11. The molecular weight excluding hydrogens is 304 g/mol. The summed E-state index contributed by atoms with van der Waals surface area (Å²) in [5.41, 5.74) is 1.25. The number of aryl methyl sites for hydroxylation is 1. The number of aliphatic carboxylic acids is 1. The van der Waals surface area contributed by atoms with Crippen molar-refractivity contribution in [2.75, 3.05) is 0 Å². The molecule has 2 heterocycles. The van der Waals surface area contributed by atoms with Crippen LogP contribution in [-0.2, 0) is 11.2 Å². The predicted octanol–water partition coefficient (Wildman–Crippen LogP) is 1.81. The first-order chi connectivity index (χ1) is 8.47. The van der Waals surface area contributed by atoms with Crippen molar-refractivity contribution in [3.8, 4) is 0 Å². The quantitative estimate of drug-likeness (QED) is 0.898. The number of fused-ring (bicyclic) bond motifs is 1. The van der Waals surface area contributed by atoms with Gasteiger partial charge in [-0.15, -0.1) is 0 Å². The SMILES string of the molecule is O=C(O)CCc1cn2cc(C(=O)O)nc2cc1Br. The summed E-state index contributed by atoms with van der Waals surface area (Å²) in [7, 11) is 0. The molecule has 6 nitrogen and oxygen atoms in total. The monoisotopic (exact) mass is 312 g/mol. The van der Waals surface area contributed by atoms with E-state index < -0.39 is 11.9 Å². The average molecular weight is 313 g/mol. The van der Waals surface area contributed by atoms with E-state index in [1.165, 1.54) is 6.20 Å². The summed E-state index contributed by atoms with van der Waals surface area (Å²) in [5.74, 6) is -1.97. The summed E-state index contributed by atoms with van der Waals surface area (Å²) in [4.78, 5) is 25.2. The van der Waals surface area contributed by atoms with Gasteiger partial charge in [-0.3, -0.25) is 4.79 Å². The van der Waals surface area contributed by atoms with Crippen LogP contribution in [0.4, 0.5) is 0 Å². The second-order valence-electron chi connectivity index (χ2n) is 3.74. The molecule has 94 valence electrons. The lowest BCUT2D eigenvalue weighted by Gasteiger charge is -2.03. The van der Waals surface area contributed by atoms with Crippen molar-refractivity contribution in [3.05, 3.63) is 34.2 Å². The van der Waals surface area contributed by atoms with Gasteiger partial charge in [-0.2, -0.15) is 0 Å². The minimum atomic E-state index is -1.10. The number of halogens is 1. The normalized spacial score (nSPS) is 10.7. The van der Waals surface area contributed by atoms with Gasteiger partial charge in [-0.1, -0.05) is 15.9 Å². The maximum atomic E-state index is 10.8. The van der Waals surface area contributed by atoms with Crippen LogP contribution in [0.5, 0.6) is 0 Å². The molecule has 0 aliphatic carbocycles. The minimum absolute atomic E-state index is 0.0184. The van der Waals surface area contributed by atoms with Crippen molar-refractivity contribution in [3.63, 3.8) is 0 Å². The van der Waals surface area contributed by atoms with Crippen molar-refractivity contribution in [2.45, 2.75) is 12.8 Å². The zero-order valence-corrected chi connectivity index (χ0v) is 10.7.